The van der Waals surface area contributed by atoms with Crippen LogP contribution in [0.1, 0.15) is 13.3 Å². The Morgan fingerprint density at radius 1 is 0.893 bits per heavy atom. The highest BCUT2D eigenvalue weighted by molar-refractivity contribution is 7.80. The van der Waals surface area contributed by atoms with Crippen molar-refractivity contribution >= 4 is 54.9 Å². The van der Waals surface area contributed by atoms with Crippen LogP contribution in [0.2, 0.25) is 0 Å². The van der Waals surface area contributed by atoms with Crippen LogP contribution in [-0.4, -0.2) is 86.8 Å². The molecule has 0 radical (unpaired) electrons. The van der Waals surface area contributed by atoms with E-state index in [2.05, 4.69) is 35.9 Å². The zero-order chi connectivity index (χ0) is 22.0. The second kappa shape index (κ2) is 12.4. The smallest absolute Gasteiger partial charge is 0.326 e. The first-order valence-electron chi connectivity index (χ1n) is 7.95. The molecule has 160 valence electrons. The molecule has 0 fully saturated rings. The van der Waals surface area contributed by atoms with Gasteiger partial charge in [0.25, 0.3) is 0 Å². The lowest BCUT2D eigenvalue weighted by molar-refractivity contribution is -0.147. The first-order chi connectivity index (χ1) is 12.9. The quantitative estimate of drug-likeness (QED) is 0.138. The van der Waals surface area contributed by atoms with E-state index in [0.29, 0.717) is 0 Å². The van der Waals surface area contributed by atoms with E-state index in [9.17, 15) is 29.1 Å². The van der Waals surface area contributed by atoms with Crippen LogP contribution < -0.4 is 21.7 Å². The van der Waals surface area contributed by atoms with Crippen molar-refractivity contribution in [2.75, 3.05) is 11.5 Å². The summed E-state index contributed by atoms with van der Waals surface area (Å²) in [6, 6.07) is -5.57. The fraction of sp³-hybridized carbons (Fsp3) is 0.643. The normalized spacial score (nSPS) is 16.0. The number of nitrogens with one attached hydrogen (secondary N) is 3. The zero-order valence-corrected chi connectivity index (χ0v) is 16.7. The topological polar surface area (TPSA) is 208 Å². The van der Waals surface area contributed by atoms with Gasteiger partial charge in [0.1, 0.15) is 18.1 Å². The molecule has 0 aliphatic heterocycles. The molecule has 0 rings (SSSR count). The summed E-state index contributed by atoms with van der Waals surface area (Å²) in [5, 5.41) is 33.8. The molecule has 28 heavy (non-hydrogen) atoms. The maximum Gasteiger partial charge on any atom is 0.326 e. The number of hydrogen-bond donors (Lipinski definition) is 9. The number of aliphatic hydroxyl groups is 1. The summed E-state index contributed by atoms with van der Waals surface area (Å²) in [7, 11) is 0. The highest BCUT2D eigenvalue weighted by Crippen LogP contribution is 2.01. The number of aliphatic hydroxyl groups excluding tert-OH is 1. The minimum absolute atomic E-state index is 0.0194. The van der Waals surface area contributed by atoms with Crippen LogP contribution in [0.15, 0.2) is 0 Å². The van der Waals surface area contributed by atoms with Crippen molar-refractivity contribution < 1.29 is 39.3 Å². The molecule has 0 saturated carbocycles. The summed E-state index contributed by atoms with van der Waals surface area (Å²) in [6.45, 7) is 1.16. The van der Waals surface area contributed by atoms with Gasteiger partial charge in [-0.05, 0) is 6.92 Å². The van der Waals surface area contributed by atoms with Gasteiger partial charge in [-0.1, -0.05) is 0 Å². The molecule has 0 heterocycles. The van der Waals surface area contributed by atoms with Crippen molar-refractivity contribution in [1.82, 2.24) is 16.0 Å². The molecule has 5 atom stereocenters. The number of hydrogen-bond acceptors (Lipinski definition) is 9. The van der Waals surface area contributed by atoms with Gasteiger partial charge in [0.15, 0.2) is 0 Å². The van der Waals surface area contributed by atoms with E-state index in [4.69, 9.17) is 15.9 Å². The van der Waals surface area contributed by atoms with Gasteiger partial charge in [-0.3, -0.25) is 19.2 Å². The van der Waals surface area contributed by atoms with Crippen molar-refractivity contribution in [2.45, 2.75) is 43.6 Å². The highest BCUT2D eigenvalue weighted by Gasteiger charge is 2.32. The summed E-state index contributed by atoms with van der Waals surface area (Å²) in [6.07, 6.45) is -2.36. The number of nitrogens with two attached hydrogens (primary N) is 1. The first kappa shape index (κ1) is 26.0. The van der Waals surface area contributed by atoms with E-state index in [1.807, 2.05) is 5.32 Å². The monoisotopic (exact) mass is 440 g/mol. The molecule has 5 unspecified atom stereocenters. The molecule has 0 saturated heterocycles. The summed E-state index contributed by atoms with van der Waals surface area (Å²) < 4.78 is 0. The number of carboxylic acids is 2. The van der Waals surface area contributed by atoms with Gasteiger partial charge in [-0.2, -0.15) is 25.3 Å². The Hall–Kier alpha value is -2.03. The number of aliphatic carboxylic acids is 2. The van der Waals surface area contributed by atoms with E-state index in [1.54, 1.807) is 0 Å². The van der Waals surface area contributed by atoms with Gasteiger partial charge in [0, 0.05) is 11.5 Å². The number of carbonyl (C=O) groups excluding carboxylic acids is 3. The van der Waals surface area contributed by atoms with E-state index in [0.717, 1.165) is 6.92 Å². The van der Waals surface area contributed by atoms with Crippen LogP contribution >= 0.6 is 25.3 Å². The van der Waals surface area contributed by atoms with Gasteiger partial charge in [0.2, 0.25) is 17.7 Å². The largest absolute Gasteiger partial charge is 0.481 e. The molecule has 0 spiro atoms. The summed E-state index contributed by atoms with van der Waals surface area (Å²) in [4.78, 5) is 58.0. The third-order valence-corrected chi connectivity index (χ3v) is 4.16. The van der Waals surface area contributed by atoms with Gasteiger partial charge >= 0.3 is 11.9 Å². The number of amides is 3. The minimum atomic E-state index is -1.77. The molecule has 8 N–H and O–H groups in total. The van der Waals surface area contributed by atoms with E-state index in [1.165, 1.54) is 0 Å². The fourth-order valence-corrected chi connectivity index (χ4v) is 2.27. The Morgan fingerprint density at radius 2 is 1.43 bits per heavy atom. The summed E-state index contributed by atoms with van der Waals surface area (Å²) in [5.74, 6) is -5.91. The Labute approximate surface area is 171 Å². The second-order valence-corrected chi connectivity index (χ2v) is 6.49. The third kappa shape index (κ3) is 8.77. The first-order valence-corrected chi connectivity index (χ1v) is 9.22. The zero-order valence-electron chi connectivity index (χ0n) is 14.9. The Kier molecular flexibility index (Phi) is 11.5. The average molecular weight is 441 g/mol. The minimum Gasteiger partial charge on any atom is -0.481 e. The van der Waals surface area contributed by atoms with Crippen molar-refractivity contribution in [3.63, 3.8) is 0 Å². The average Bonchev–Trinajstić information content (AvgIpc) is 2.61. The van der Waals surface area contributed by atoms with Crippen molar-refractivity contribution in [3.8, 4) is 0 Å². The van der Waals surface area contributed by atoms with Crippen molar-refractivity contribution in [2.24, 2.45) is 5.73 Å². The Bertz CT molecular complexity index is 604. The van der Waals surface area contributed by atoms with Gasteiger partial charge in [-0.25, -0.2) is 4.79 Å². The molecule has 0 aromatic rings. The summed E-state index contributed by atoms with van der Waals surface area (Å²) in [5.41, 5.74) is 5.49. The molecule has 14 heteroatoms. The standard InChI is InChI=1S/C14H24N4O8S2/c1-5(19)10(13(24)16-7(14(25)26)2-9(20)21)18-12(23)8(4-28)17-11(22)6(15)3-27/h5-8,10,19,27-28H,2-4,15H2,1H3,(H,16,24)(H,17,22)(H,18,23)(H,20,21)(H,25,26). The molecule has 12 nitrogen and oxygen atoms in total. The van der Waals surface area contributed by atoms with Crippen LogP contribution in [0.3, 0.4) is 0 Å². The van der Waals surface area contributed by atoms with Gasteiger partial charge in [-0.15, -0.1) is 0 Å². The van der Waals surface area contributed by atoms with Crippen LogP contribution in [0.25, 0.3) is 0 Å². The number of carboxylic acid groups (broad SMARTS) is 2. The van der Waals surface area contributed by atoms with E-state index >= 15 is 0 Å². The fourth-order valence-electron chi connectivity index (χ4n) is 1.85. The Balaban J connectivity index is 5.18. The van der Waals surface area contributed by atoms with Crippen LogP contribution in [-0.2, 0) is 24.0 Å². The third-order valence-electron chi connectivity index (χ3n) is 3.40. The lowest BCUT2D eigenvalue weighted by Gasteiger charge is -2.25. The van der Waals surface area contributed by atoms with E-state index < -0.39 is 66.4 Å². The SMILES string of the molecule is CC(O)C(NC(=O)C(CS)NC(=O)C(N)CS)C(=O)NC(CC(=O)O)C(=O)O. The second-order valence-electron chi connectivity index (χ2n) is 5.76. The number of thiol groups is 2. The van der Waals surface area contributed by atoms with Crippen molar-refractivity contribution in [3.05, 3.63) is 0 Å². The van der Waals surface area contributed by atoms with Crippen LogP contribution in [0, 0.1) is 0 Å². The lowest BCUT2D eigenvalue weighted by Crippen LogP contribution is -2.60. The molecular formula is C14H24N4O8S2. The maximum atomic E-state index is 12.3. The molecule has 0 aromatic carbocycles. The highest BCUT2D eigenvalue weighted by atomic mass is 32.1. The maximum absolute atomic E-state index is 12.3. The summed E-state index contributed by atoms with van der Waals surface area (Å²) >= 11 is 7.79. The number of carbonyl (C=O) groups is 5. The van der Waals surface area contributed by atoms with Crippen LogP contribution in [0.5, 0.6) is 0 Å². The van der Waals surface area contributed by atoms with Gasteiger partial charge in [0.05, 0.1) is 18.6 Å². The predicted molar refractivity (Wildman–Crippen MR) is 103 cm³/mol. The molecule has 3 amide bonds. The Morgan fingerprint density at radius 3 is 1.82 bits per heavy atom. The predicted octanol–water partition coefficient (Wildman–Crippen LogP) is -3.43. The molecule has 0 bridgehead atoms. The van der Waals surface area contributed by atoms with Crippen LogP contribution in [0.4, 0.5) is 0 Å². The molecule has 0 aliphatic rings. The van der Waals surface area contributed by atoms with Gasteiger partial charge < -0.3 is 37.0 Å². The molecule has 0 aliphatic carbocycles. The number of rotatable bonds is 12. The molecule has 0 aromatic heterocycles. The lowest BCUT2D eigenvalue weighted by atomic mass is 10.1. The van der Waals surface area contributed by atoms with E-state index in [-0.39, 0.29) is 11.5 Å². The van der Waals surface area contributed by atoms with Crippen molar-refractivity contribution in [1.29, 1.82) is 0 Å². The molecular weight excluding hydrogens is 416 g/mol.